The maximum atomic E-state index is 8.67. The number of nitrogens with zero attached hydrogens (tertiary/aromatic N) is 2. The third-order valence-electron chi connectivity index (χ3n) is 1.27. The van der Waals surface area contributed by atoms with Gasteiger partial charge in [-0.2, -0.15) is 16.7 Å². The van der Waals surface area contributed by atoms with Crippen LogP contribution < -0.4 is 5.73 Å². The van der Waals surface area contributed by atoms with Crippen molar-refractivity contribution < 1.29 is 9.63 Å². The molecule has 0 aromatic carbocycles. The first-order valence-electron chi connectivity index (χ1n) is 3.45. The van der Waals surface area contributed by atoms with E-state index in [1.807, 2.05) is 6.26 Å². The van der Waals surface area contributed by atoms with Gasteiger partial charge in [0, 0.05) is 0 Å². The molecule has 0 aliphatic heterocycles. The fourth-order valence-electron chi connectivity index (χ4n) is 0.684. The van der Waals surface area contributed by atoms with Crippen LogP contribution in [0, 0.1) is 0 Å². The zero-order valence-corrected chi connectivity index (χ0v) is 7.54. The van der Waals surface area contributed by atoms with Crippen molar-refractivity contribution in [2.24, 2.45) is 5.73 Å². The van der Waals surface area contributed by atoms with E-state index in [0.29, 0.717) is 17.5 Å². The monoisotopic (exact) mass is 189 g/mol. The standard InChI is InChI=1S/C6H11N3O2S/c1-12-3-5-8-6(11-9-5)4(7)2-10/h4,10H,2-3,7H2,1H3/t4-/m0/s1. The topological polar surface area (TPSA) is 85.2 Å². The minimum absolute atomic E-state index is 0.180. The van der Waals surface area contributed by atoms with E-state index in [9.17, 15) is 0 Å². The van der Waals surface area contributed by atoms with Crippen molar-refractivity contribution in [3.63, 3.8) is 0 Å². The van der Waals surface area contributed by atoms with Crippen molar-refractivity contribution in [3.8, 4) is 0 Å². The Bertz CT molecular complexity index is 240. The summed E-state index contributed by atoms with van der Waals surface area (Å²) in [7, 11) is 0. The molecule has 1 aromatic heterocycles. The Balaban J connectivity index is 2.63. The number of aliphatic hydroxyl groups excluding tert-OH is 1. The fourth-order valence-corrected chi connectivity index (χ4v) is 1.06. The number of nitrogens with two attached hydrogens (primary N) is 1. The summed E-state index contributed by atoms with van der Waals surface area (Å²) in [5.74, 6) is 1.60. The zero-order valence-electron chi connectivity index (χ0n) is 6.73. The molecule has 12 heavy (non-hydrogen) atoms. The molecular weight excluding hydrogens is 178 g/mol. The summed E-state index contributed by atoms with van der Waals surface area (Å²) in [6.07, 6.45) is 1.95. The van der Waals surface area contributed by atoms with Crippen LogP contribution in [0.5, 0.6) is 0 Å². The Morgan fingerprint density at radius 1 is 1.75 bits per heavy atom. The van der Waals surface area contributed by atoms with E-state index in [1.54, 1.807) is 11.8 Å². The van der Waals surface area contributed by atoms with Gasteiger partial charge in [0.15, 0.2) is 5.82 Å². The first kappa shape index (κ1) is 9.50. The predicted molar refractivity (Wildman–Crippen MR) is 45.5 cm³/mol. The molecule has 0 saturated heterocycles. The first-order valence-corrected chi connectivity index (χ1v) is 4.85. The predicted octanol–water partition coefficient (Wildman–Crippen LogP) is -0.0753. The summed E-state index contributed by atoms with van der Waals surface area (Å²) in [5, 5.41) is 12.3. The Morgan fingerprint density at radius 2 is 2.50 bits per heavy atom. The average molecular weight is 189 g/mol. The number of aliphatic hydroxyl groups is 1. The molecule has 0 aliphatic carbocycles. The van der Waals surface area contributed by atoms with Gasteiger partial charge in [0.2, 0.25) is 5.89 Å². The van der Waals surface area contributed by atoms with E-state index in [1.165, 1.54) is 0 Å². The molecule has 1 heterocycles. The molecule has 0 unspecified atom stereocenters. The van der Waals surface area contributed by atoms with Crippen LogP contribution in [-0.2, 0) is 5.75 Å². The van der Waals surface area contributed by atoms with Crippen LogP contribution in [0.1, 0.15) is 17.8 Å². The van der Waals surface area contributed by atoms with E-state index < -0.39 is 6.04 Å². The summed E-state index contributed by atoms with van der Waals surface area (Å²) < 4.78 is 4.81. The van der Waals surface area contributed by atoms with Crippen LogP contribution >= 0.6 is 11.8 Å². The Hall–Kier alpha value is -0.590. The van der Waals surface area contributed by atoms with Gasteiger partial charge < -0.3 is 15.4 Å². The fraction of sp³-hybridized carbons (Fsp3) is 0.667. The van der Waals surface area contributed by atoms with Crippen molar-refractivity contribution in [1.82, 2.24) is 10.1 Å². The highest BCUT2D eigenvalue weighted by atomic mass is 32.2. The van der Waals surface area contributed by atoms with E-state index >= 15 is 0 Å². The smallest absolute Gasteiger partial charge is 0.245 e. The molecule has 1 rings (SSSR count). The molecule has 0 spiro atoms. The summed E-state index contributed by atoms with van der Waals surface area (Å²) >= 11 is 1.60. The Morgan fingerprint density at radius 3 is 3.08 bits per heavy atom. The molecule has 1 atom stereocenters. The van der Waals surface area contributed by atoms with Gasteiger partial charge in [-0.3, -0.25) is 0 Å². The van der Waals surface area contributed by atoms with Crippen molar-refractivity contribution in [3.05, 3.63) is 11.7 Å². The summed E-state index contributed by atoms with van der Waals surface area (Å²) in [4.78, 5) is 3.99. The lowest BCUT2D eigenvalue weighted by Crippen LogP contribution is -2.14. The molecule has 0 saturated carbocycles. The molecule has 0 fully saturated rings. The largest absolute Gasteiger partial charge is 0.394 e. The van der Waals surface area contributed by atoms with E-state index in [0.717, 1.165) is 0 Å². The van der Waals surface area contributed by atoms with Crippen LogP contribution in [0.2, 0.25) is 0 Å². The van der Waals surface area contributed by atoms with E-state index in [2.05, 4.69) is 10.1 Å². The molecule has 6 heteroatoms. The number of hydrogen-bond acceptors (Lipinski definition) is 6. The lowest BCUT2D eigenvalue weighted by atomic mass is 10.3. The van der Waals surface area contributed by atoms with Gasteiger partial charge in [-0.25, -0.2) is 0 Å². The zero-order chi connectivity index (χ0) is 8.97. The second kappa shape index (κ2) is 4.44. The van der Waals surface area contributed by atoms with Crippen LogP contribution in [-0.4, -0.2) is 28.1 Å². The number of hydrogen-bond donors (Lipinski definition) is 2. The lowest BCUT2D eigenvalue weighted by molar-refractivity contribution is 0.236. The minimum Gasteiger partial charge on any atom is -0.394 e. The Labute approximate surface area is 74.3 Å². The van der Waals surface area contributed by atoms with Gasteiger partial charge in [0.25, 0.3) is 0 Å². The van der Waals surface area contributed by atoms with Crippen LogP contribution in [0.4, 0.5) is 0 Å². The highest BCUT2D eigenvalue weighted by Gasteiger charge is 2.12. The molecule has 0 aliphatic rings. The molecule has 3 N–H and O–H groups in total. The van der Waals surface area contributed by atoms with Crippen molar-refractivity contribution in [1.29, 1.82) is 0 Å². The highest BCUT2D eigenvalue weighted by Crippen LogP contribution is 2.09. The molecule has 0 radical (unpaired) electrons. The molecule has 5 nitrogen and oxygen atoms in total. The van der Waals surface area contributed by atoms with Gasteiger partial charge in [-0.15, -0.1) is 0 Å². The SMILES string of the molecule is CSCc1noc([C@@H](N)CO)n1. The summed E-state index contributed by atoms with van der Waals surface area (Å²) in [6, 6.07) is -0.562. The van der Waals surface area contributed by atoms with Gasteiger partial charge in [0.05, 0.1) is 12.4 Å². The van der Waals surface area contributed by atoms with Gasteiger partial charge in [-0.05, 0) is 6.26 Å². The first-order chi connectivity index (χ1) is 5.77. The van der Waals surface area contributed by atoms with E-state index in [-0.39, 0.29) is 6.61 Å². The maximum Gasteiger partial charge on any atom is 0.245 e. The van der Waals surface area contributed by atoms with Crippen molar-refractivity contribution >= 4 is 11.8 Å². The second-order valence-electron chi connectivity index (χ2n) is 2.27. The summed E-state index contributed by atoms with van der Waals surface area (Å²) in [6.45, 7) is -0.180. The molecule has 68 valence electrons. The van der Waals surface area contributed by atoms with Gasteiger partial charge in [0.1, 0.15) is 6.04 Å². The quantitative estimate of drug-likeness (QED) is 0.689. The molecule has 0 bridgehead atoms. The van der Waals surface area contributed by atoms with Crippen molar-refractivity contribution in [2.45, 2.75) is 11.8 Å². The van der Waals surface area contributed by atoms with Crippen LogP contribution in [0.25, 0.3) is 0 Å². The van der Waals surface area contributed by atoms with Crippen molar-refractivity contribution in [2.75, 3.05) is 12.9 Å². The van der Waals surface area contributed by atoms with Crippen LogP contribution in [0.15, 0.2) is 4.52 Å². The number of aromatic nitrogens is 2. The molecule has 0 amide bonds. The van der Waals surface area contributed by atoms with E-state index in [4.69, 9.17) is 15.4 Å². The normalized spacial score (nSPS) is 13.2. The van der Waals surface area contributed by atoms with Gasteiger partial charge >= 0.3 is 0 Å². The summed E-state index contributed by atoms with van der Waals surface area (Å²) in [5.41, 5.74) is 5.45. The average Bonchev–Trinajstić information content (AvgIpc) is 2.52. The molecular formula is C6H11N3O2S. The van der Waals surface area contributed by atoms with Crippen LogP contribution in [0.3, 0.4) is 0 Å². The minimum atomic E-state index is -0.562. The second-order valence-corrected chi connectivity index (χ2v) is 3.14. The third kappa shape index (κ3) is 2.20. The highest BCUT2D eigenvalue weighted by molar-refractivity contribution is 7.97. The molecule has 1 aromatic rings. The lowest BCUT2D eigenvalue weighted by Gasteiger charge is -1.98. The number of thioether (sulfide) groups is 1. The maximum absolute atomic E-state index is 8.67. The number of rotatable bonds is 4. The third-order valence-corrected chi connectivity index (χ3v) is 1.82. The van der Waals surface area contributed by atoms with Gasteiger partial charge in [-0.1, -0.05) is 5.16 Å². The Kier molecular flexibility index (Phi) is 3.51.